The summed E-state index contributed by atoms with van der Waals surface area (Å²) in [7, 11) is -9.05. The zero-order valence-corrected chi connectivity index (χ0v) is 52.5. The lowest BCUT2D eigenvalue weighted by Gasteiger charge is -2.39. The molecule has 2 unspecified atom stereocenters. The molecule has 4 aromatic heterocycles. The molecule has 0 bridgehead atoms. The monoisotopic (exact) mass is 1450 g/mol. The molecule has 32 heteroatoms. The van der Waals surface area contributed by atoms with E-state index < -0.39 is 135 Å². The molecule has 4 heterocycles. The summed E-state index contributed by atoms with van der Waals surface area (Å²) in [5.74, 6) is -7.16. The van der Waals surface area contributed by atoms with E-state index in [2.05, 4.69) is 29.6 Å². The van der Waals surface area contributed by atoms with Crippen molar-refractivity contribution in [2.75, 3.05) is 0 Å². The maximum absolute atomic E-state index is 14.6. The number of sulfone groups is 2. The average Bonchev–Trinajstić information content (AvgIpc) is 1.08. The smallest absolute Gasteiger partial charge is 0.349 e. The third-order valence-electron chi connectivity index (χ3n) is 17.6. The molecule has 0 saturated heterocycles. The van der Waals surface area contributed by atoms with Gasteiger partial charge < -0.3 is 9.47 Å². The largest absolute Gasteiger partial charge is 0.430 e. The zero-order chi connectivity index (χ0) is 72.2. The van der Waals surface area contributed by atoms with Crippen LogP contribution in [0.25, 0.3) is 11.4 Å². The Hall–Kier alpha value is -9.40. The summed E-state index contributed by atoms with van der Waals surface area (Å²) in [6, 6.07) is 23.8. The first-order valence-corrected chi connectivity index (χ1v) is 32.6. The number of hydrogen-bond acceptors (Lipinski definition) is 10. The molecule has 10 aromatic rings. The lowest BCUT2D eigenvalue weighted by atomic mass is 9.80. The summed E-state index contributed by atoms with van der Waals surface area (Å²) in [6.07, 6.45) is -16.6. The summed E-state index contributed by atoms with van der Waals surface area (Å²) in [5.41, 5.74) is -12.5. The summed E-state index contributed by atoms with van der Waals surface area (Å²) in [4.78, 5) is 7.25. The van der Waals surface area contributed by atoms with E-state index in [1.807, 2.05) is 0 Å². The number of aromatic nitrogens is 6. The van der Waals surface area contributed by atoms with E-state index >= 15 is 0 Å². The van der Waals surface area contributed by atoms with Crippen LogP contribution < -0.4 is 0 Å². The molecule has 2 atom stereocenters. The van der Waals surface area contributed by atoms with Crippen molar-refractivity contribution in [2.24, 2.45) is 0 Å². The minimum absolute atomic E-state index is 0.0436. The SMILES string of the molecule is O=S(=O)(c1ccc(F)cc1)C1(c2ccc(C(OCc3c(F)cccc3F)(C(F)(F)F)C(F)(F)F)cc2)CCc2c(cnn2-c2ccncc2)C1.O=S(=O)(c1ccc(F)cc1)C1(c2ccc(C(OCc3c(F)cccc3F)(C(F)(F)F)C(F)(F)F)cc2)CCc2nn(-c3ccncc3)cc2C1. The van der Waals surface area contributed by atoms with Gasteiger partial charge in [0.15, 0.2) is 19.7 Å². The molecule has 0 aliphatic heterocycles. The highest BCUT2D eigenvalue weighted by molar-refractivity contribution is 7.92. The standard InChI is InChI=1S/2C34H24F9N3O3S/c35-24-8-10-26(11-9-24)50(47,48)31(15-12-30-21(18-31)19-46(45-30)25-13-16-44-17-14-25)22-4-6-23(7-5-22)32(33(38,39)40,34(41,42)43)49-20-27-28(36)2-1-3-29(27)37;35-24-8-10-26(11-9-24)50(47,48)31(15-12-30-21(18-31)19-45-46(30)25-13-16-44-17-14-25)22-4-6-23(7-5-22)32(33(38,39)40,34(41,42)43)49-20-27-28(36)2-1-3-29(27)37/h2*1-11,13-14,16-17,19H,12,15,18,20H2. The van der Waals surface area contributed by atoms with Gasteiger partial charge in [-0.25, -0.2) is 52.5 Å². The first-order valence-electron chi connectivity index (χ1n) is 29.6. The van der Waals surface area contributed by atoms with Crippen LogP contribution in [0.15, 0.2) is 205 Å². The molecule has 12 nitrogen and oxygen atoms in total. The van der Waals surface area contributed by atoms with Crippen molar-refractivity contribution in [1.82, 2.24) is 29.5 Å². The van der Waals surface area contributed by atoms with E-state index in [1.54, 1.807) is 35.1 Å². The van der Waals surface area contributed by atoms with Crippen LogP contribution in [-0.4, -0.2) is 71.1 Å². The Kier molecular flexibility index (Phi) is 19.1. The quantitative estimate of drug-likeness (QED) is 0.0676. The van der Waals surface area contributed by atoms with Crippen LogP contribution >= 0.6 is 0 Å². The van der Waals surface area contributed by atoms with Gasteiger partial charge in [0.25, 0.3) is 11.2 Å². The molecule has 2 aliphatic rings. The number of rotatable bonds is 16. The van der Waals surface area contributed by atoms with E-state index in [0.717, 1.165) is 84.9 Å². The van der Waals surface area contributed by atoms with Gasteiger partial charge in [-0.05, 0) is 158 Å². The number of ether oxygens (including phenoxy) is 2. The molecule has 6 aromatic carbocycles. The minimum Gasteiger partial charge on any atom is -0.349 e. The number of hydrogen-bond donors (Lipinski definition) is 0. The first kappa shape index (κ1) is 71.9. The Bertz CT molecular complexity index is 4570. The van der Waals surface area contributed by atoms with E-state index in [1.165, 1.54) is 35.7 Å². The minimum atomic E-state index is -6.20. The predicted octanol–water partition coefficient (Wildman–Crippen LogP) is 16.2. The van der Waals surface area contributed by atoms with Crippen molar-refractivity contribution < 1.29 is 105 Å². The van der Waals surface area contributed by atoms with Crippen LogP contribution in [0.1, 0.15) is 68.7 Å². The molecule has 524 valence electrons. The molecule has 12 rings (SSSR count). The Labute approximate surface area is 556 Å². The van der Waals surface area contributed by atoms with Crippen LogP contribution in [-0.2, 0) is 88.7 Å². The topological polar surface area (TPSA) is 148 Å². The fourth-order valence-corrected chi connectivity index (χ4v) is 16.7. The number of alkyl halides is 12. The van der Waals surface area contributed by atoms with E-state index in [4.69, 9.17) is 0 Å². The molecular weight excluding hydrogens is 1400 g/mol. The molecule has 0 spiro atoms. The van der Waals surface area contributed by atoms with Crippen molar-refractivity contribution in [3.05, 3.63) is 286 Å². The third kappa shape index (κ3) is 12.7. The van der Waals surface area contributed by atoms with Crippen LogP contribution in [0.5, 0.6) is 0 Å². The van der Waals surface area contributed by atoms with Crippen molar-refractivity contribution in [2.45, 2.75) is 107 Å². The summed E-state index contributed by atoms with van der Waals surface area (Å²) in [5, 5.41) is 8.91. The number of nitrogens with zero attached hydrogens (tertiary/aromatic N) is 6. The molecular formula is C68H48F18N6O6S2. The maximum atomic E-state index is 14.6. The fourth-order valence-electron chi connectivity index (χ4n) is 12.5. The fraction of sp³-hybridized carbons (Fsp3) is 0.235. The van der Waals surface area contributed by atoms with Gasteiger partial charge in [0.1, 0.15) is 44.4 Å². The van der Waals surface area contributed by atoms with Crippen LogP contribution in [0.4, 0.5) is 79.0 Å². The number of fused-ring (bicyclic) bond motifs is 2. The van der Waals surface area contributed by atoms with Crippen molar-refractivity contribution in [3.63, 3.8) is 0 Å². The van der Waals surface area contributed by atoms with Crippen molar-refractivity contribution in [1.29, 1.82) is 0 Å². The second-order valence-corrected chi connectivity index (χ2v) is 27.7. The Morgan fingerprint density at radius 1 is 0.440 bits per heavy atom. The van der Waals surface area contributed by atoms with Gasteiger partial charge in [-0.1, -0.05) is 60.7 Å². The van der Waals surface area contributed by atoms with Crippen molar-refractivity contribution >= 4 is 19.7 Å². The third-order valence-corrected chi connectivity index (χ3v) is 22.7. The lowest BCUT2D eigenvalue weighted by Crippen LogP contribution is -2.56. The predicted molar refractivity (Wildman–Crippen MR) is 320 cm³/mol. The molecule has 0 saturated carbocycles. The maximum Gasteiger partial charge on any atom is 0.430 e. The van der Waals surface area contributed by atoms with E-state index in [0.29, 0.717) is 82.4 Å². The van der Waals surface area contributed by atoms with Gasteiger partial charge in [0, 0.05) is 58.9 Å². The molecule has 0 radical (unpaired) electrons. The van der Waals surface area contributed by atoms with Gasteiger partial charge in [-0.3, -0.25) is 9.97 Å². The van der Waals surface area contributed by atoms with Crippen LogP contribution in [0, 0.1) is 34.9 Å². The number of pyridine rings is 2. The summed E-state index contributed by atoms with van der Waals surface area (Å²) >= 11 is 0. The van der Waals surface area contributed by atoms with Crippen LogP contribution in [0.3, 0.4) is 0 Å². The van der Waals surface area contributed by atoms with Gasteiger partial charge in [-0.15, -0.1) is 0 Å². The average molecular weight is 1450 g/mol. The molecule has 0 fully saturated rings. The zero-order valence-electron chi connectivity index (χ0n) is 50.9. The Morgan fingerprint density at radius 3 is 1.20 bits per heavy atom. The van der Waals surface area contributed by atoms with Crippen LogP contribution in [0.2, 0.25) is 0 Å². The molecule has 0 N–H and O–H groups in total. The Morgan fingerprint density at radius 2 is 0.810 bits per heavy atom. The second-order valence-electron chi connectivity index (χ2n) is 23.2. The van der Waals surface area contributed by atoms with Gasteiger partial charge in [0.2, 0.25) is 0 Å². The van der Waals surface area contributed by atoms with Gasteiger partial charge in [-0.2, -0.15) is 62.9 Å². The molecule has 100 heavy (non-hydrogen) atoms. The molecule has 2 aliphatic carbocycles. The summed E-state index contributed by atoms with van der Waals surface area (Å²) < 4.78 is 325. The van der Waals surface area contributed by atoms with E-state index in [9.17, 15) is 95.9 Å². The number of halogens is 18. The first-order chi connectivity index (χ1) is 47.0. The number of benzene rings is 6. The molecule has 0 amide bonds. The normalized spacial score (nSPS) is 17.1. The Balaban J connectivity index is 0.000000202. The number of aryl methyl sites for hydroxylation is 1. The lowest BCUT2D eigenvalue weighted by molar-refractivity contribution is -0.393. The van der Waals surface area contributed by atoms with E-state index in [-0.39, 0.29) is 59.4 Å². The summed E-state index contributed by atoms with van der Waals surface area (Å²) in [6.45, 7) is -3.49. The van der Waals surface area contributed by atoms with Gasteiger partial charge >= 0.3 is 24.7 Å². The van der Waals surface area contributed by atoms with Gasteiger partial charge in [0.05, 0.1) is 46.3 Å². The highest BCUT2D eigenvalue weighted by Gasteiger charge is 2.75. The highest BCUT2D eigenvalue weighted by atomic mass is 32.2. The van der Waals surface area contributed by atoms with Crippen molar-refractivity contribution in [3.8, 4) is 11.4 Å². The second kappa shape index (κ2) is 26.6. The highest BCUT2D eigenvalue weighted by Crippen LogP contribution is 2.57.